The molecule has 3 aliphatic heterocycles. The largest absolute Gasteiger partial charge is 0.454 e. The van der Waals surface area contributed by atoms with Crippen LogP contribution in [0.15, 0.2) is 18.2 Å². The number of ether oxygens (including phenoxy) is 4. The van der Waals surface area contributed by atoms with Crippen LogP contribution in [-0.2, 0) is 16.0 Å². The molecule has 0 unspecified atom stereocenters. The molecule has 138 valence electrons. The third-order valence-electron chi connectivity index (χ3n) is 5.18. The molecule has 0 N–H and O–H groups in total. The van der Waals surface area contributed by atoms with Crippen LogP contribution in [-0.4, -0.2) is 75.2 Å². The Morgan fingerprint density at radius 2 is 2.12 bits per heavy atom. The lowest BCUT2D eigenvalue weighted by atomic mass is 9.99. The highest BCUT2D eigenvalue weighted by atomic mass is 16.7. The van der Waals surface area contributed by atoms with Crippen LogP contribution in [0.3, 0.4) is 0 Å². The van der Waals surface area contributed by atoms with Gasteiger partial charge in [-0.1, -0.05) is 6.07 Å². The maximum atomic E-state index is 6.47. The van der Waals surface area contributed by atoms with Crippen molar-refractivity contribution in [3.8, 4) is 11.5 Å². The summed E-state index contributed by atoms with van der Waals surface area (Å²) in [6, 6.07) is 6.21. The van der Waals surface area contributed by atoms with Crippen molar-refractivity contribution in [1.82, 2.24) is 9.80 Å². The smallest absolute Gasteiger partial charge is 0.231 e. The van der Waals surface area contributed by atoms with Crippen LogP contribution in [0.4, 0.5) is 0 Å². The zero-order valence-corrected chi connectivity index (χ0v) is 15.2. The molecule has 0 radical (unpaired) electrons. The molecule has 1 aromatic rings. The number of rotatable bonds is 4. The first-order valence-corrected chi connectivity index (χ1v) is 9.13. The molecule has 6 heteroatoms. The number of benzene rings is 1. The Bertz CT molecular complexity index is 609. The second-order valence-corrected chi connectivity index (χ2v) is 7.67. The molecule has 25 heavy (non-hydrogen) atoms. The zero-order valence-electron chi connectivity index (χ0n) is 15.2. The molecule has 2 fully saturated rings. The Labute approximate surface area is 149 Å². The lowest BCUT2D eigenvalue weighted by molar-refractivity contribution is -0.0902. The van der Waals surface area contributed by atoms with Crippen molar-refractivity contribution in [3.63, 3.8) is 0 Å². The maximum absolute atomic E-state index is 6.47. The number of fused-ring (bicyclic) bond motifs is 1. The highest BCUT2D eigenvalue weighted by Gasteiger charge is 2.43. The summed E-state index contributed by atoms with van der Waals surface area (Å²) >= 11 is 0. The summed E-state index contributed by atoms with van der Waals surface area (Å²) in [7, 11) is 4.20. The van der Waals surface area contributed by atoms with Gasteiger partial charge >= 0.3 is 0 Å². The average molecular weight is 348 g/mol. The van der Waals surface area contributed by atoms with Crippen molar-refractivity contribution in [2.45, 2.75) is 31.1 Å². The van der Waals surface area contributed by atoms with Crippen molar-refractivity contribution in [2.24, 2.45) is 0 Å². The molecule has 1 spiro atoms. The third-order valence-corrected chi connectivity index (χ3v) is 5.18. The second-order valence-electron chi connectivity index (χ2n) is 7.67. The molecule has 3 aliphatic rings. The molecular formula is C19H28N2O4. The minimum absolute atomic E-state index is 0.159. The maximum Gasteiger partial charge on any atom is 0.231 e. The molecule has 4 rings (SSSR count). The van der Waals surface area contributed by atoms with Crippen molar-refractivity contribution >= 4 is 0 Å². The van der Waals surface area contributed by atoms with Crippen LogP contribution < -0.4 is 9.47 Å². The highest BCUT2D eigenvalue weighted by molar-refractivity contribution is 5.44. The molecule has 0 aliphatic carbocycles. The summed E-state index contributed by atoms with van der Waals surface area (Å²) < 4.78 is 23.3. The predicted molar refractivity (Wildman–Crippen MR) is 94.1 cm³/mol. The quantitative estimate of drug-likeness (QED) is 0.826. The lowest BCUT2D eigenvalue weighted by Gasteiger charge is -2.32. The number of nitrogens with zero attached hydrogens (tertiary/aromatic N) is 2. The molecule has 0 bridgehead atoms. The molecule has 0 aromatic heterocycles. The summed E-state index contributed by atoms with van der Waals surface area (Å²) in [5.74, 6) is 1.69. The fourth-order valence-electron chi connectivity index (χ4n) is 4.07. The number of hydrogen-bond donors (Lipinski definition) is 0. The number of hydrogen-bond acceptors (Lipinski definition) is 6. The van der Waals surface area contributed by atoms with Crippen LogP contribution >= 0.6 is 0 Å². The van der Waals surface area contributed by atoms with Gasteiger partial charge in [-0.25, -0.2) is 0 Å². The first-order valence-electron chi connectivity index (χ1n) is 9.13. The van der Waals surface area contributed by atoms with E-state index in [-0.39, 0.29) is 5.60 Å². The van der Waals surface area contributed by atoms with Crippen molar-refractivity contribution in [2.75, 3.05) is 53.7 Å². The Kier molecular flexibility index (Phi) is 4.86. The van der Waals surface area contributed by atoms with E-state index in [4.69, 9.17) is 18.9 Å². The molecule has 0 saturated carbocycles. The van der Waals surface area contributed by atoms with Gasteiger partial charge in [-0.2, -0.15) is 0 Å². The van der Waals surface area contributed by atoms with Gasteiger partial charge in [0.25, 0.3) is 0 Å². The summed E-state index contributed by atoms with van der Waals surface area (Å²) in [4.78, 5) is 4.65. The van der Waals surface area contributed by atoms with Crippen molar-refractivity contribution in [3.05, 3.63) is 23.8 Å². The SMILES string of the molecule is CN(C)C[C@H]1CC[C@@]2(COCCN(Cc3ccc4c(c3)OCO4)C2)O1. The van der Waals surface area contributed by atoms with Crippen LogP contribution in [0, 0.1) is 0 Å². The second kappa shape index (κ2) is 7.11. The molecular weight excluding hydrogens is 320 g/mol. The lowest BCUT2D eigenvalue weighted by Crippen LogP contribution is -2.45. The Morgan fingerprint density at radius 3 is 3.00 bits per heavy atom. The van der Waals surface area contributed by atoms with E-state index in [1.54, 1.807) is 0 Å². The standard InChI is InChI=1S/C19H28N2O4/c1-20(2)11-16-5-6-19(25-16)12-21(7-8-22-13-19)10-15-3-4-17-18(9-15)24-14-23-17/h3-4,9,16H,5-8,10-14H2,1-2H3/t16-,19-/m1/s1. The normalized spacial score (nSPS) is 29.5. The van der Waals surface area contributed by atoms with Gasteiger partial charge in [0.1, 0.15) is 5.60 Å². The molecule has 2 atom stereocenters. The topological polar surface area (TPSA) is 43.4 Å². The first kappa shape index (κ1) is 17.1. The first-order chi connectivity index (χ1) is 12.1. The van der Waals surface area contributed by atoms with Crippen LogP contribution in [0.1, 0.15) is 18.4 Å². The molecule has 1 aromatic carbocycles. The van der Waals surface area contributed by atoms with Gasteiger partial charge in [-0.15, -0.1) is 0 Å². The van der Waals surface area contributed by atoms with Crippen molar-refractivity contribution in [1.29, 1.82) is 0 Å². The van der Waals surface area contributed by atoms with E-state index in [2.05, 4.69) is 36.0 Å². The monoisotopic (exact) mass is 348 g/mol. The summed E-state index contributed by atoms with van der Waals surface area (Å²) in [5.41, 5.74) is 1.08. The van der Waals surface area contributed by atoms with Gasteiger partial charge < -0.3 is 23.8 Å². The minimum Gasteiger partial charge on any atom is -0.454 e. The third kappa shape index (κ3) is 3.92. The molecule has 3 heterocycles. The number of likely N-dealkylation sites (N-methyl/N-ethyl adjacent to an activating group) is 1. The van der Waals surface area contributed by atoms with E-state index in [0.717, 1.165) is 57.1 Å². The van der Waals surface area contributed by atoms with Gasteiger partial charge in [-0.05, 0) is 44.6 Å². The summed E-state index contributed by atoms with van der Waals surface area (Å²) in [5, 5.41) is 0. The average Bonchev–Trinajstić information content (AvgIpc) is 3.12. The van der Waals surface area contributed by atoms with E-state index < -0.39 is 0 Å². The predicted octanol–water partition coefficient (Wildman–Crippen LogP) is 1.73. The van der Waals surface area contributed by atoms with Gasteiger partial charge in [0.2, 0.25) is 6.79 Å². The van der Waals surface area contributed by atoms with Crippen LogP contribution in [0.5, 0.6) is 11.5 Å². The van der Waals surface area contributed by atoms with E-state index in [0.29, 0.717) is 19.5 Å². The van der Waals surface area contributed by atoms with Crippen LogP contribution in [0.2, 0.25) is 0 Å². The Balaban J connectivity index is 1.42. The molecule has 0 amide bonds. The molecule has 2 saturated heterocycles. The summed E-state index contributed by atoms with van der Waals surface area (Å²) in [6.07, 6.45) is 2.49. The fraction of sp³-hybridized carbons (Fsp3) is 0.684. The molecule has 6 nitrogen and oxygen atoms in total. The van der Waals surface area contributed by atoms with E-state index in [9.17, 15) is 0 Å². The highest BCUT2D eigenvalue weighted by Crippen LogP contribution is 2.35. The van der Waals surface area contributed by atoms with E-state index in [1.807, 2.05) is 6.07 Å². The summed E-state index contributed by atoms with van der Waals surface area (Å²) in [6.45, 7) is 5.49. The van der Waals surface area contributed by atoms with Gasteiger partial charge in [-0.3, -0.25) is 4.90 Å². The fourth-order valence-corrected chi connectivity index (χ4v) is 4.07. The van der Waals surface area contributed by atoms with Gasteiger partial charge in [0.15, 0.2) is 11.5 Å². The Morgan fingerprint density at radius 1 is 1.24 bits per heavy atom. The van der Waals surface area contributed by atoms with Gasteiger partial charge in [0, 0.05) is 26.2 Å². The minimum atomic E-state index is -0.159. The van der Waals surface area contributed by atoms with E-state index >= 15 is 0 Å². The van der Waals surface area contributed by atoms with E-state index in [1.165, 1.54) is 5.56 Å². The van der Waals surface area contributed by atoms with Crippen molar-refractivity contribution < 1.29 is 18.9 Å². The van der Waals surface area contributed by atoms with Crippen LogP contribution in [0.25, 0.3) is 0 Å². The Hall–Kier alpha value is -1.34. The zero-order chi connectivity index (χ0) is 17.3. The van der Waals surface area contributed by atoms with Gasteiger partial charge in [0.05, 0.1) is 19.3 Å².